The molecule has 0 aliphatic carbocycles. The predicted molar refractivity (Wildman–Crippen MR) is 193 cm³/mol. The van der Waals surface area contributed by atoms with Crippen LogP contribution in [0.3, 0.4) is 0 Å². The first-order valence-corrected chi connectivity index (χ1v) is 18.5. The highest BCUT2D eigenvalue weighted by molar-refractivity contribution is 6.01. The van der Waals surface area contributed by atoms with Gasteiger partial charge in [-0.05, 0) is 53.8 Å². The highest BCUT2D eigenvalue weighted by atomic mass is 16.7. The molecule has 5 heterocycles. The van der Waals surface area contributed by atoms with Crippen LogP contribution in [0.5, 0.6) is 0 Å². The van der Waals surface area contributed by atoms with Crippen molar-refractivity contribution < 1.29 is 52.5 Å². The molecule has 0 bridgehead atoms. The van der Waals surface area contributed by atoms with Gasteiger partial charge in [0.05, 0.1) is 63.1 Å². The number of pyridine rings is 1. The van der Waals surface area contributed by atoms with Crippen LogP contribution in [0.4, 0.5) is 0 Å². The van der Waals surface area contributed by atoms with E-state index >= 15 is 0 Å². The number of nitrogens with zero attached hydrogens (tertiary/aromatic N) is 5. The monoisotopic (exact) mass is 771 g/mol. The number of imide groups is 1. The summed E-state index contributed by atoms with van der Waals surface area (Å²) >= 11 is 0. The van der Waals surface area contributed by atoms with Crippen LogP contribution in [0.15, 0.2) is 53.5 Å². The van der Waals surface area contributed by atoms with Crippen LogP contribution in [0.1, 0.15) is 61.4 Å². The molecule has 1 atom stereocenters. The van der Waals surface area contributed by atoms with Gasteiger partial charge in [-0.25, -0.2) is 14.3 Å². The maximum atomic E-state index is 13.8. The molecule has 17 heteroatoms. The number of ether oxygens (including phenoxy) is 5. The Morgan fingerprint density at radius 2 is 1.61 bits per heavy atom. The molecule has 1 fully saturated rings. The summed E-state index contributed by atoms with van der Waals surface area (Å²) in [6, 6.07) is 13.9. The molecule has 1 unspecified atom stereocenters. The Labute approximate surface area is 320 Å². The van der Waals surface area contributed by atoms with Gasteiger partial charge >= 0.3 is 17.9 Å². The summed E-state index contributed by atoms with van der Waals surface area (Å²) in [5, 5.41) is 10.9. The van der Waals surface area contributed by atoms with E-state index in [9.17, 15) is 28.8 Å². The van der Waals surface area contributed by atoms with E-state index in [1.807, 2.05) is 30.3 Å². The number of esters is 2. The molecule has 294 valence electrons. The Morgan fingerprint density at radius 1 is 0.893 bits per heavy atom. The fraction of sp³-hybridized carbons (Fsp3) is 0.436. The zero-order chi connectivity index (χ0) is 39.2. The van der Waals surface area contributed by atoms with E-state index in [2.05, 4.69) is 22.4 Å². The van der Waals surface area contributed by atoms with Crippen molar-refractivity contribution in [3.8, 4) is 11.3 Å². The average Bonchev–Trinajstić information content (AvgIpc) is 3.89. The molecule has 17 nitrogen and oxygen atoms in total. The van der Waals surface area contributed by atoms with Crippen LogP contribution >= 0.6 is 0 Å². The second-order valence-corrected chi connectivity index (χ2v) is 13.5. The summed E-state index contributed by atoms with van der Waals surface area (Å²) < 4.78 is 30.9. The molecule has 2 aromatic heterocycles. The first-order chi connectivity index (χ1) is 27.2. The van der Waals surface area contributed by atoms with Gasteiger partial charge in [0.2, 0.25) is 5.60 Å². The van der Waals surface area contributed by atoms with Crippen LogP contribution in [0.2, 0.25) is 0 Å². The Balaban J connectivity index is 0.832. The summed E-state index contributed by atoms with van der Waals surface area (Å²) in [7, 11) is 0. The number of hydrogen-bond acceptors (Lipinski definition) is 14. The van der Waals surface area contributed by atoms with Crippen molar-refractivity contribution in [2.75, 3.05) is 39.6 Å². The number of hydrogen-bond donors (Lipinski definition) is 0. The third-order valence-corrected chi connectivity index (χ3v) is 9.90. The molecule has 0 spiro atoms. The molecule has 1 saturated heterocycles. The summed E-state index contributed by atoms with van der Waals surface area (Å²) in [4.78, 5) is 79.8. The van der Waals surface area contributed by atoms with Crippen molar-refractivity contribution in [1.82, 2.24) is 24.6 Å². The van der Waals surface area contributed by atoms with Gasteiger partial charge in [0.25, 0.3) is 17.4 Å². The lowest BCUT2D eigenvalue weighted by molar-refractivity contribution is -0.200. The maximum absolute atomic E-state index is 13.8. The number of hydroxylamine groups is 2. The first kappa shape index (κ1) is 38.5. The summed E-state index contributed by atoms with van der Waals surface area (Å²) in [5.74, 6) is -3.24. The fourth-order valence-corrected chi connectivity index (χ4v) is 7.03. The molecule has 4 aromatic rings. The number of carbonyl (C=O) groups excluding carboxylic acids is 5. The van der Waals surface area contributed by atoms with E-state index in [1.165, 1.54) is 0 Å². The molecule has 0 radical (unpaired) electrons. The first-order valence-electron chi connectivity index (χ1n) is 18.5. The minimum absolute atomic E-state index is 0.00876. The smallest absolute Gasteiger partial charge is 0.358 e. The van der Waals surface area contributed by atoms with Crippen LogP contribution in [-0.4, -0.2) is 94.0 Å². The van der Waals surface area contributed by atoms with E-state index in [4.69, 9.17) is 28.5 Å². The second-order valence-electron chi connectivity index (χ2n) is 13.5. The lowest BCUT2D eigenvalue weighted by Gasteiger charge is -2.35. The van der Waals surface area contributed by atoms with E-state index in [1.54, 1.807) is 22.4 Å². The number of aryl methyl sites for hydroxylation is 1. The minimum Gasteiger partial charge on any atom is -0.457 e. The van der Waals surface area contributed by atoms with Gasteiger partial charge in [0.1, 0.15) is 13.2 Å². The van der Waals surface area contributed by atoms with Crippen molar-refractivity contribution in [1.29, 1.82) is 0 Å². The number of rotatable bonds is 18. The predicted octanol–water partition coefficient (Wildman–Crippen LogP) is 2.51. The summed E-state index contributed by atoms with van der Waals surface area (Å²) in [5.41, 5.74) is 1.95. The lowest BCUT2D eigenvalue weighted by atomic mass is 9.85. The Bertz CT molecular complexity index is 2220. The van der Waals surface area contributed by atoms with Gasteiger partial charge in [0.15, 0.2) is 0 Å². The number of amides is 2. The SMILES string of the molecule is CCC1(OC(=O)CCCc2cn(CCOCCOCCOCC(=O)ON3C(=O)CCC3=O)nn2)C(=O)OCc2c1cc1n(c2=O)Cc2cc3ccccc3cc2-1. The number of carbonyl (C=O) groups is 5. The van der Waals surface area contributed by atoms with Crippen molar-refractivity contribution in [2.45, 2.75) is 70.7 Å². The standard InChI is InChI=1S/C39H41N5O12/c1-2-39(31-20-32-29-19-26-7-4-3-6-25(26)18-27(29)21-43(32)37(49)30(31)23-54-38(39)50)55-35(47)9-5-8-28-22-42(41-40-28)12-13-51-14-15-52-16-17-53-24-36(48)56-44-33(45)10-11-34(44)46/h3-4,6-7,18-20,22H,2,5,8-17,21,23-24H2,1H3. The Morgan fingerprint density at radius 3 is 2.36 bits per heavy atom. The van der Waals surface area contributed by atoms with Crippen molar-refractivity contribution in [3.05, 3.63) is 81.4 Å². The number of aromatic nitrogens is 4. The normalized spacial score (nSPS) is 17.2. The summed E-state index contributed by atoms with van der Waals surface area (Å²) in [6.45, 7) is 3.21. The molecule has 56 heavy (non-hydrogen) atoms. The molecule has 2 amide bonds. The molecule has 3 aliphatic heterocycles. The van der Waals surface area contributed by atoms with E-state index in [0.29, 0.717) is 66.7 Å². The van der Waals surface area contributed by atoms with Gasteiger partial charge in [0, 0.05) is 36.6 Å². The molecular formula is C39H41N5O12. The topological polar surface area (TPSA) is 197 Å². The van der Waals surface area contributed by atoms with Gasteiger partial charge in [-0.3, -0.25) is 19.2 Å². The molecular weight excluding hydrogens is 730 g/mol. The highest BCUT2D eigenvalue weighted by Crippen LogP contribution is 2.42. The lowest BCUT2D eigenvalue weighted by Crippen LogP contribution is -2.47. The Hall–Kier alpha value is -5.78. The summed E-state index contributed by atoms with van der Waals surface area (Å²) in [6.07, 6.45) is 2.74. The number of fused-ring (bicyclic) bond motifs is 5. The third kappa shape index (κ3) is 8.10. The van der Waals surface area contributed by atoms with Gasteiger partial charge in [-0.1, -0.05) is 36.4 Å². The molecule has 0 N–H and O–H groups in total. The van der Waals surface area contributed by atoms with E-state index in [-0.39, 0.29) is 57.7 Å². The molecule has 7 rings (SSSR count). The zero-order valence-corrected chi connectivity index (χ0v) is 30.9. The molecule has 3 aliphatic rings. The fourth-order valence-electron chi connectivity index (χ4n) is 7.03. The average molecular weight is 772 g/mol. The molecule has 2 aromatic carbocycles. The van der Waals surface area contributed by atoms with Gasteiger partial charge < -0.3 is 33.1 Å². The van der Waals surface area contributed by atoms with Crippen molar-refractivity contribution >= 4 is 40.5 Å². The highest BCUT2D eigenvalue weighted by Gasteiger charge is 2.50. The Kier molecular flexibility index (Phi) is 11.6. The van der Waals surface area contributed by atoms with Crippen molar-refractivity contribution in [3.63, 3.8) is 0 Å². The quantitative estimate of drug-likeness (QED) is 0.0716. The maximum Gasteiger partial charge on any atom is 0.358 e. The number of cyclic esters (lactones) is 1. The van der Waals surface area contributed by atoms with Crippen LogP contribution in [-0.2, 0) is 84.2 Å². The third-order valence-electron chi connectivity index (χ3n) is 9.90. The van der Waals surface area contributed by atoms with Crippen molar-refractivity contribution in [2.24, 2.45) is 0 Å². The molecule has 0 saturated carbocycles. The van der Waals surface area contributed by atoms with Gasteiger partial charge in [-0.15, -0.1) is 10.2 Å². The van der Waals surface area contributed by atoms with Crippen LogP contribution in [0.25, 0.3) is 22.0 Å². The van der Waals surface area contributed by atoms with E-state index < -0.39 is 41.9 Å². The number of benzene rings is 2. The van der Waals surface area contributed by atoms with Gasteiger partial charge in [-0.2, -0.15) is 0 Å². The zero-order valence-electron chi connectivity index (χ0n) is 30.9. The second kappa shape index (κ2) is 16.9. The van der Waals surface area contributed by atoms with E-state index in [0.717, 1.165) is 21.9 Å². The largest absolute Gasteiger partial charge is 0.457 e. The van der Waals surface area contributed by atoms with Crippen LogP contribution in [0, 0.1) is 0 Å². The van der Waals surface area contributed by atoms with Crippen LogP contribution < -0.4 is 5.56 Å². The minimum atomic E-state index is -1.74.